The Balaban J connectivity index is 2.05. The van der Waals surface area contributed by atoms with Gasteiger partial charge in [-0.3, -0.25) is 4.79 Å². The van der Waals surface area contributed by atoms with Crippen LogP contribution in [-0.2, 0) is 0 Å². The van der Waals surface area contributed by atoms with Crippen molar-refractivity contribution in [3.8, 4) is 22.7 Å². The predicted molar refractivity (Wildman–Crippen MR) is 92.5 cm³/mol. The summed E-state index contributed by atoms with van der Waals surface area (Å²) in [4.78, 5) is 15.5. The van der Waals surface area contributed by atoms with Crippen molar-refractivity contribution in [2.24, 2.45) is 0 Å². The Hall–Kier alpha value is -2.67. The van der Waals surface area contributed by atoms with Crippen molar-refractivity contribution in [1.29, 1.82) is 0 Å². The second-order valence-electron chi connectivity index (χ2n) is 5.28. The zero-order valence-corrected chi connectivity index (χ0v) is 14.1. The molecule has 0 saturated heterocycles. The number of aromatic nitrogens is 3. The quantitative estimate of drug-likeness (QED) is 0.569. The number of fused-ring (bicyclic) bond motifs is 3. The van der Waals surface area contributed by atoms with Gasteiger partial charge in [-0.2, -0.15) is 9.78 Å². The molecular formula is C17H11BrFN3O2. The first-order valence-electron chi connectivity index (χ1n) is 7.12. The summed E-state index contributed by atoms with van der Waals surface area (Å²) in [6, 6.07) is 10.1. The Kier molecular flexibility index (Phi) is 3.38. The van der Waals surface area contributed by atoms with Gasteiger partial charge < -0.3 is 9.72 Å². The topological polar surface area (TPSA) is 59.9 Å². The number of ether oxygens (including phenoxy) is 1. The molecule has 2 aliphatic heterocycles. The third-order valence-electron chi connectivity index (χ3n) is 3.85. The van der Waals surface area contributed by atoms with Crippen LogP contribution in [0.2, 0.25) is 0 Å². The molecule has 0 saturated carbocycles. The van der Waals surface area contributed by atoms with E-state index in [1.807, 2.05) is 0 Å². The number of rotatable bonds is 2. The molecule has 0 aliphatic carbocycles. The summed E-state index contributed by atoms with van der Waals surface area (Å²) in [7, 11) is 1.56. The maximum atomic E-state index is 14.1. The van der Waals surface area contributed by atoms with Gasteiger partial charge in [0.05, 0.1) is 23.9 Å². The van der Waals surface area contributed by atoms with E-state index < -0.39 is 5.82 Å². The van der Waals surface area contributed by atoms with Gasteiger partial charge in [0, 0.05) is 22.1 Å². The predicted octanol–water partition coefficient (Wildman–Crippen LogP) is 3.73. The lowest BCUT2D eigenvalue weighted by atomic mass is 10.1. The SMILES string of the molecule is COc1cccc(-n2nc3c4cc(Br)cc(F)c4[nH]cc-3c2=O)c1. The lowest BCUT2D eigenvalue weighted by molar-refractivity contribution is 0.414. The number of methoxy groups -OCH3 is 1. The van der Waals surface area contributed by atoms with Crippen molar-refractivity contribution in [3.05, 3.63) is 63.2 Å². The van der Waals surface area contributed by atoms with Crippen LogP contribution < -0.4 is 10.3 Å². The van der Waals surface area contributed by atoms with E-state index in [-0.39, 0.29) is 5.56 Å². The molecule has 0 unspecified atom stereocenters. The van der Waals surface area contributed by atoms with Crippen LogP contribution in [0.4, 0.5) is 4.39 Å². The fourth-order valence-electron chi connectivity index (χ4n) is 2.71. The average Bonchev–Trinajstić information content (AvgIpc) is 2.92. The first-order valence-corrected chi connectivity index (χ1v) is 7.91. The summed E-state index contributed by atoms with van der Waals surface area (Å²) in [5.74, 6) is 0.210. The standard InChI is InChI=1S/C17H11BrFN3O2/c1-24-11-4-2-3-10(7-11)22-17(23)13-8-20-16-12(15(13)21-22)5-9(18)6-14(16)19/h2-8,20H,1H3. The summed E-state index contributed by atoms with van der Waals surface area (Å²) >= 11 is 3.27. The lowest BCUT2D eigenvalue weighted by Crippen LogP contribution is -2.14. The van der Waals surface area contributed by atoms with Crippen LogP contribution >= 0.6 is 15.9 Å². The van der Waals surface area contributed by atoms with Gasteiger partial charge in [0.2, 0.25) is 0 Å². The summed E-state index contributed by atoms with van der Waals surface area (Å²) < 4.78 is 21.2. The molecule has 2 heterocycles. The van der Waals surface area contributed by atoms with Crippen molar-refractivity contribution >= 4 is 26.8 Å². The number of halogens is 2. The molecule has 0 aromatic heterocycles. The first kappa shape index (κ1) is 14.9. The third kappa shape index (κ3) is 2.20. The Morgan fingerprint density at radius 3 is 2.92 bits per heavy atom. The molecule has 0 spiro atoms. The Morgan fingerprint density at radius 1 is 1.29 bits per heavy atom. The van der Waals surface area contributed by atoms with Gasteiger partial charge in [0.1, 0.15) is 17.3 Å². The maximum Gasteiger partial charge on any atom is 0.282 e. The molecule has 2 aromatic carbocycles. The van der Waals surface area contributed by atoms with Crippen molar-refractivity contribution in [2.75, 3.05) is 7.11 Å². The number of pyridine rings is 1. The van der Waals surface area contributed by atoms with Crippen LogP contribution in [0, 0.1) is 5.82 Å². The van der Waals surface area contributed by atoms with Gasteiger partial charge in [0.25, 0.3) is 5.56 Å². The van der Waals surface area contributed by atoms with Gasteiger partial charge in [0.15, 0.2) is 0 Å². The highest BCUT2D eigenvalue weighted by Crippen LogP contribution is 2.30. The number of hydrogen-bond donors (Lipinski definition) is 1. The van der Waals surface area contributed by atoms with E-state index in [4.69, 9.17) is 4.74 Å². The molecular weight excluding hydrogens is 377 g/mol. The zero-order chi connectivity index (χ0) is 16.8. The van der Waals surface area contributed by atoms with E-state index >= 15 is 0 Å². The molecule has 4 rings (SSSR count). The fraction of sp³-hybridized carbons (Fsp3) is 0.0588. The molecule has 7 heteroatoms. The average molecular weight is 388 g/mol. The minimum atomic E-state index is -0.412. The number of nitrogens with zero attached hydrogens (tertiary/aromatic N) is 2. The molecule has 0 fully saturated rings. The van der Waals surface area contributed by atoms with Crippen LogP contribution in [0.1, 0.15) is 0 Å². The minimum absolute atomic E-state index is 0.281. The second kappa shape index (κ2) is 5.45. The van der Waals surface area contributed by atoms with Crippen molar-refractivity contribution < 1.29 is 9.13 Å². The normalized spacial score (nSPS) is 11.3. The van der Waals surface area contributed by atoms with E-state index in [1.165, 1.54) is 16.9 Å². The number of hydrogen-bond acceptors (Lipinski definition) is 3. The molecule has 0 bridgehead atoms. The smallest absolute Gasteiger partial charge is 0.282 e. The Bertz CT molecular complexity index is 1100. The van der Waals surface area contributed by atoms with E-state index in [0.29, 0.717) is 38.1 Å². The van der Waals surface area contributed by atoms with Gasteiger partial charge >= 0.3 is 0 Å². The highest BCUT2D eigenvalue weighted by atomic mass is 79.9. The third-order valence-corrected chi connectivity index (χ3v) is 4.30. The van der Waals surface area contributed by atoms with E-state index in [2.05, 4.69) is 26.0 Å². The molecule has 0 radical (unpaired) electrons. The monoisotopic (exact) mass is 387 g/mol. The molecule has 1 N–H and O–H groups in total. The Morgan fingerprint density at radius 2 is 2.12 bits per heavy atom. The van der Waals surface area contributed by atoms with Gasteiger partial charge in [-0.25, -0.2) is 4.39 Å². The molecule has 24 heavy (non-hydrogen) atoms. The van der Waals surface area contributed by atoms with E-state index in [0.717, 1.165) is 0 Å². The summed E-state index contributed by atoms with van der Waals surface area (Å²) in [6.45, 7) is 0. The summed E-state index contributed by atoms with van der Waals surface area (Å²) in [6.07, 6.45) is 1.49. The minimum Gasteiger partial charge on any atom is -0.497 e. The van der Waals surface area contributed by atoms with Crippen LogP contribution in [0.3, 0.4) is 0 Å². The molecule has 0 atom stereocenters. The number of aromatic amines is 1. The fourth-order valence-corrected chi connectivity index (χ4v) is 3.14. The van der Waals surface area contributed by atoms with Gasteiger partial charge in [-0.05, 0) is 24.3 Å². The maximum absolute atomic E-state index is 14.1. The van der Waals surface area contributed by atoms with Crippen LogP contribution in [-0.4, -0.2) is 21.9 Å². The second-order valence-corrected chi connectivity index (χ2v) is 6.20. The van der Waals surface area contributed by atoms with Crippen LogP contribution in [0.5, 0.6) is 5.75 Å². The van der Waals surface area contributed by atoms with E-state index in [9.17, 15) is 9.18 Å². The molecule has 0 amide bonds. The van der Waals surface area contributed by atoms with Crippen molar-refractivity contribution in [3.63, 3.8) is 0 Å². The Labute approximate surface area is 144 Å². The number of nitrogens with one attached hydrogen (secondary N) is 1. The largest absolute Gasteiger partial charge is 0.497 e. The number of H-pyrrole nitrogens is 1. The first-order chi connectivity index (χ1) is 11.6. The molecule has 2 aliphatic rings. The highest BCUT2D eigenvalue weighted by Gasteiger charge is 2.20. The van der Waals surface area contributed by atoms with Crippen molar-refractivity contribution in [2.45, 2.75) is 0 Å². The van der Waals surface area contributed by atoms with Crippen LogP contribution in [0.25, 0.3) is 27.8 Å². The zero-order valence-electron chi connectivity index (χ0n) is 12.5. The van der Waals surface area contributed by atoms with E-state index in [1.54, 1.807) is 37.4 Å². The highest BCUT2D eigenvalue weighted by molar-refractivity contribution is 9.10. The van der Waals surface area contributed by atoms with Crippen molar-refractivity contribution in [1.82, 2.24) is 14.8 Å². The number of benzene rings is 2. The molecule has 5 nitrogen and oxygen atoms in total. The van der Waals surface area contributed by atoms with Crippen LogP contribution in [0.15, 0.2) is 51.9 Å². The summed E-state index contributed by atoms with van der Waals surface area (Å²) in [5.41, 5.74) is 1.44. The van der Waals surface area contributed by atoms with Gasteiger partial charge in [-0.15, -0.1) is 0 Å². The molecule has 2 aromatic rings. The summed E-state index contributed by atoms with van der Waals surface area (Å²) in [5, 5.41) is 4.95. The lowest BCUT2D eigenvalue weighted by Gasteiger charge is -2.04. The van der Waals surface area contributed by atoms with Gasteiger partial charge in [-0.1, -0.05) is 22.0 Å². The molecule has 120 valence electrons.